The van der Waals surface area contributed by atoms with Gasteiger partial charge in [-0.2, -0.15) is 0 Å². The van der Waals surface area contributed by atoms with Crippen molar-refractivity contribution in [3.63, 3.8) is 0 Å². The van der Waals surface area contributed by atoms with Gasteiger partial charge in [0.25, 0.3) is 0 Å². The van der Waals surface area contributed by atoms with E-state index >= 15 is 0 Å². The summed E-state index contributed by atoms with van der Waals surface area (Å²) in [7, 11) is 2.00. The van der Waals surface area contributed by atoms with Crippen LogP contribution < -0.4 is 10.2 Å². The molecule has 2 atom stereocenters. The SMILES string of the molecule is CCC(NC)c1ccccc1N1CCOC(CO)C1. The highest BCUT2D eigenvalue weighted by Crippen LogP contribution is 2.29. The fraction of sp³-hybridized carbons (Fsp3) is 0.600. The van der Waals surface area contributed by atoms with Crippen LogP contribution >= 0.6 is 0 Å². The van der Waals surface area contributed by atoms with Crippen LogP contribution in [0.1, 0.15) is 24.9 Å². The average Bonchev–Trinajstić information content (AvgIpc) is 2.49. The Hall–Kier alpha value is -1.10. The Balaban J connectivity index is 2.23. The van der Waals surface area contributed by atoms with Crippen LogP contribution in [0, 0.1) is 0 Å². The van der Waals surface area contributed by atoms with Gasteiger partial charge in [-0.05, 0) is 25.1 Å². The molecule has 0 saturated carbocycles. The number of nitrogens with one attached hydrogen (secondary N) is 1. The van der Waals surface area contributed by atoms with Gasteiger partial charge in [0.2, 0.25) is 0 Å². The topological polar surface area (TPSA) is 44.7 Å². The first-order chi connectivity index (χ1) is 9.30. The number of hydrogen-bond acceptors (Lipinski definition) is 4. The van der Waals surface area contributed by atoms with Gasteiger partial charge in [-0.15, -0.1) is 0 Å². The Morgan fingerprint density at radius 2 is 2.26 bits per heavy atom. The molecule has 19 heavy (non-hydrogen) atoms. The van der Waals surface area contributed by atoms with E-state index in [9.17, 15) is 5.11 Å². The van der Waals surface area contributed by atoms with Crippen molar-refractivity contribution in [3.05, 3.63) is 29.8 Å². The molecule has 2 rings (SSSR count). The van der Waals surface area contributed by atoms with E-state index in [1.807, 2.05) is 7.05 Å². The number of morpholine rings is 1. The quantitative estimate of drug-likeness (QED) is 0.847. The third-order valence-electron chi connectivity index (χ3n) is 3.75. The van der Waals surface area contributed by atoms with E-state index in [0.29, 0.717) is 12.6 Å². The number of hydrogen-bond donors (Lipinski definition) is 2. The second-order valence-corrected chi connectivity index (χ2v) is 4.93. The normalized spacial score (nSPS) is 21.4. The maximum Gasteiger partial charge on any atom is 0.0980 e. The van der Waals surface area contributed by atoms with Crippen molar-refractivity contribution in [2.75, 3.05) is 38.3 Å². The molecular formula is C15H24N2O2. The second-order valence-electron chi connectivity index (χ2n) is 4.93. The molecule has 106 valence electrons. The molecule has 1 aromatic rings. The predicted octanol–water partition coefficient (Wildman–Crippen LogP) is 1.55. The molecule has 1 aromatic carbocycles. The maximum atomic E-state index is 9.26. The number of para-hydroxylation sites is 1. The lowest BCUT2D eigenvalue weighted by Gasteiger charge is -2.36. The lowest BCUT2D eigenvalue weighted by Crippen LogP contribution is -2.44. The number of ether oxygens (including phenoxy) is 1. The first-order valence-corrected chi connectivity index (χ1v) is 7.03. The van der Waals surface area contributed by atoms with Crippen LogP contribution in [0.2, 0.25) is 0 Å². The van der Waals surface area contributed by atoms with Gasteiger partial charge in [0.1, 0.15) is 0 Å². The van der Waals surface area contributed by atoms with Crippen molar-refractivity contribution in [1.29, 1.82) is 0 Å². The predicted molar refractivity (Wildman–Crippen MR) is 77.6 cm³/mol. The third kappa shape index (κ3) is 3.26. The molecule has 0 spiro atoms. The van der Waals surface area contributed by atoms with Crippen molar-refractivity contribution in [1.82, 2.24) is 5.32 Å². The molecule has 1 heterocycles. The van der Waals surface area contributed by atoms with Crippen molar-refractivity contribution < 1.29 is 9.84 Å². The number of anilines is 1. The summed E-state index contributed by atoms with van der Waals surface area (Å²) in [5, 5.41) is 12.6. The lowest BCUT2D eigenvalue weighted by molar-refractivity contribution is 0.00350. The zero-order valence-corrected chi connectivity index (χ0v) is 11.8. The largest absolute Gasteiger partial charge is 0.394 e. The van der Waals surface area contributed by atoms with E-state index < -0.39 is 0 Å². The van der Waals surface area contributed by atoms with Gasteiger partial charge in [-0.3, -0.25) is 0 Å². The van der Waals surface area contributed by atoms with Gasteiger partial charge in [0.05, 0.1) is 19.3 Å². The molecule has 2 unspecified atom stereocenters. The van der Waals surface area contributed by atoms with Gasteiger partial charge < -0.3 is 20.1 Å². The molecule has 0 amide bonds. The van der Waals surface area contributed by atoms with Gasteiger partial charge in [0.15, 0.2) is 0 Å². The summed E-state index contributed by atoms with van der Waals surface area (Å²) in [6.45, 7) is 4.59. The number of nitrogens with zero attached hydrogens (tertiary/aromatic N) is 1. The van der Waals surface area contributed by atoms with Crippen molar-refractivity contribution >= 4 is 5.69 Å². The summed E-state index contributed by atoms with van der Waals surface area (Å²) in [4.78, 5) is 2.32. The van der Waals surface area contributed by atoms with Crippen molar-refractivity contribution in [3.8, 4) is 0 Å². The van der Waals surface area contributed by atoms with E-state index in [1.165, 1.54) is 11.3 Å². The molecule has 0 radical (unpaired) electrons. The molecular weight excluding hydrogens is 240 g/mol. The van der Waals surface area contributed by atoms with Gasteiger partial charge in [-0.25, -0.2) is 0 Å². The minimum Gasteiger partial charge on any atom is -0.394 e. The molecule has 0 bridgehead atoms. The summed E-state index contributed by atoms with van der Waals surface area (Å²) in [6, 6.07) is 8.87. The monoisotopic (exact) mass is 264 g/mol. The Bertz CT molecular complexity index is 393. The van der Waals surface area contributed by atoms with Gasteiger partial charge in [0, 0.05) is 24.8 Å². The minimum atomic E-state index is -0.0727. The zero-order valence-electron chi connectivity index (χ0n) is 11.8. The lowest BCUT2D eigenvalue weighted by atomic mass is 10.0. The van der Waals surface area contributed by atoms with Crippen LogP contribution in [0.4, 0.5) is 5.69 Å². The molecule has 0 aliphatic carbocycles. The van der Waals surface area contributed by atoms with Gasteiger partial charge in [-0.1, -0.05) is 25.1 Å². The van der Waals surface area contributed by atoms with E-state index in [1.54, 1.807) is 0 Å². The third-order valence-corrected chi connectivity index (χ3v) is 3.75. The fourth-order valence-corrected chi connectivity index (χ4v) is 2.70. The Kier molecular flexibility index (Phi) is 5.19. The molecule has 1 aliphatic heterocycles. The van der Waals surface area contributed by atoms with E-state index in [2.05, 4.69) is 41.4 Å². The number of aliphatic hydroxyl groups is 1. The van der Waals surface area contributed by atoms with Crippen LogP contribution in [-0.2, 0) is 4.74 Å². The van der Waals surface area contributed by atoms with Gasteiger partial charge >= 0.3 is 0 Å². The highest BCUT2D eigenvalue weighted by Gasteiger charge is 2.23. The summed E-state index contributed by atoms with van der Waals surface area (Å²) in [5.41, 5.74) is 2.58. The zero-order chi connectivity index (χ0) is 13.7. The molecule has 0 aromatic heterocycles. The first kappa shape index (κ1) is 14.3. The Morgan fingerprint density at radius 1 is 1.47 bits per heavy atom. The molecule has 4 heteroatoms. The maximum absolute atomic E-state index is 9.26. The molecule has 4 nitrogen and oxygen atoms in total. The summed E-state index contributed by atoms with van der Waals surface area (Å²) in [6.07, 6.45) is 0.984. The number of aliphatic hydroxyl groups excluding tert-OH is 1. The van der Waals surface area contributed by atoms with E-state index in [4.69, 9.17) is 4.74 Å². The standard InChI is InChI=1S/C15H24N2O2/c1-3-14(16-2)13-6-4-5-7-15(13)17-8-9-19-12(10-17)11-18/h4-7,12,14,16,18H,3,8-11H2,1-2H3. The van der Waals surface area contributed by atoms with Crippen molar-refractivity contribution in [2.24, 2.45) is 0 Å². The summed E-state index contributed by atoms with van der Waals surface area (Å²) in [5.74, 6) is 0. The summed E-state index contributed by atoms with van der Waals surface area (Å²) < 4.78 is 5.52. The molecule has 1 aliphatic rings. The first-order valence-electron chi connectivity index (χ1n) is 7.03. The molecule has 2 N–H and O–H groups in total. The Labute approximate surface area is 115 Å². The Morgan fingerprint density at radius 3 is 2.95 bits per heavy atom. The number of rotatable bonds is 5. The van der Waals surface area contributed by atoms with Crippen LogP contribution in [-0.4, -0.2) is 44.6 Å². The van der Waals surface area contributed by atoms with E-state index in [-0.39, 0.29) is 12.7 Å². The highest BCUT2D eigenvalue weighted by atomic mass is 16.5. The van der Waals surface area contributed by atoms with Crippen molar-refractivity contribution in [2.45, 2.75) is 25.5 Å². The molecule has 1 fully saturated rings. The number of benzene rings is 1. The van der Waals surface area contributed by atoms with Crippen LogP contribution in [0.5, 0.6) is 0 Å². The molecule has 1 saturated heterocycles. The highest BCUT2D eigenvalue weighted by molar-refractivity contribution is 5.55. The fourth-order valence-electron chi connectivity index (χ4n) is 2.70. The van der Waals surface area contributed by atoms with Crippen LogP contribution in [0.15, 0.2) is 24.3 Å². The van der Waals surface area contributed by atoms with Crippen LogP contribution in [0.25, 0.3) is 0 Å². The summed E-state index contributed by atoms with van der Waals surface area (Å²) >= 11 is 0. The van der Waals surface area contributed by atoms with Crippen LogP contribution in [0.3, 0.4) is 0 Å². The second kappa shape index (κ2) is 6.89. The van der Waals surface area contributed by atoms with E-state index in [0.717, 1.165) is 19.5 Å². The average molecular weight is 264 g/mol. The minimum absolute atomic E-state index is 0.0727. The smallest absolute Gasteiger partial charge is 0.0980 e.